The molecule has 1 atom stereocenters. The van der Waals surface area contributed by atoms with E-state index in [1.54, 1.807) is 7.11 Å². The summed E-state index contributed by atoms with van der Waals surface area (Å²) in [6, 6.07) is 0.938. The van der Waals surface area contributed by atoms with Gasteiger partial charge >= 0.3 is 5.97 Å². The Morgan fingerprint density at radius 3 is 2.58 bits per heavy atom. The van der Waals surface area contributed by atoms with Crippen LogP contribution in [0.2, 0.25) is 12.6 Å². The molecular formula is C8H16O3Si. The summed E-state index contributed by atoms with van der Waals surface area (Å²) in [5.74, 6) is -0.376. The summed E-state index contributed by atoms with van der Waals surface area (Å²) in [5.41, 5.74) is 0. The third kappa shape index (κ3) is 3.68. The zero-order chi connectivity index (χ0) is 9.61. The first kappa shape index (κ1) is 11.4. The fraction of sp³-hybridized carbons (Fsp3) is 0.625. The predicted molar refractivity (Wildman–Crippen MR) is 50.3 cm³/mol. The molecule has 0 aromatic carbocycles. The Balaban J connectivity index is 3.88. The van der Waals surface area contributed by atoms with Crippen molar-refractivity contribution in [1.29, 1.82) is 0 Å². The molecular weight excluding hydrogens is 172 g/mol. The van der Waals surface area contributed by atoms with Crippen LogP contribution in [0.5, 0.6) is 0 Å². The number of esters is 1. The van der Waals surface area contributed by atoms with Crippen molar-refractivity contribution < 1.29 is 14.0 Å². The molecule has 4 heteroatoms. The zero-order valence-electron chi connectivity index (χ0n) is 7.92. The van der Waals surface area contributed by atoms with Gasteiger partial charge in [0.2, 0.25) is 8.32 Å². The Morgan fingerprint density at radius 1 is 1.67 bits per heavy atom. The number of carbonyl (C=O) groups excluding carboxylic acids is 1. The fourth-order valence-electron chi connectivity index (χ4n) is 0.588. The summed E-state index contributed by atoms with van der Waals surface area (Å²) in [7, 11) is -0.103. The minimum absolute atomic E-state index is 0.376. The van der Waals surface area contributed by atoms with Gasteiger partial charge in [-0.25, -0.2) is 4.79 Å². The van der Waals surface area contributed by atoms with E-state index in [1.807, 2.05) is 13.5 Å². The molecule has 0 amide bonds. The lowest BCUT2D eigenvalue weighted by Gasteiger charge is -2.22. The van der Waals surface area contributed by atoms with Crippen LogP contribution in [0.25, 0.3) is 0 Å². The molecule has 3 nitrogen and oxygen atoms in total. The maximum Gasteiger partial charge on any atom is 0.329 e. The van der Waals surface area contributed by atoms with Crippen molar-refractivity contribution in [3.8, 4) is 0 Å². The summed E-state index contributed by atoms with van der Waals surface area (Å²) in [5, 5.41) is 0. The summed E-state index contributed by atoms with van der Waals surface area (Å²) in [6.45, 7) is 7.38. The van der Waals surface area contributed by atoms with E-state index in [4.69, 9.17) is 9.16 Å². The summed E-state index contributed by atoms with van der Waals surface area (Å²) in [6.07, 6.45) is 1.57. The highest BCUT2D eigenvalue weighted by molar-refractivity contribution is 6.72. The highest BCUT2D eigenvalue weighted by Gasteiger charge is 2.26. The molecule has 0 N–H and O–H groups in total. The number of hydrogen-bond donors (Lipinski definition) is 0. The van der Waals surface area contributed by atoms with E-state index < -0.39 is 8.32 Å². The van der Waals surface area contributed by atoms with Crippen LogP contribution < -0.4 is 0 Å². The van der Waals surface area contributed by atoms with Gasteiger partial charge in [0.1, 0.15) is 6.23 Å². The van der Waals surface area contributed by atoms with Gasteiger partial charge in [-0.3, -0.25) is 0 Å². The molecule has 0 heterocycles. The predicted octanol–water partition coefficient (Wildman–Crippen LogP) is 1.50. The molecule has 70 valence electrons. The first-order chi connectivity index (χ1) is 5.58. The first-order valence-electron chi connectivity index (χ1n) is 3.92. The van der Waals surface area contributed by atoms with E-state index >= 15 is 0 Å². The normalized spacial score (nSPS) is 14.9. The van der Waals surface area contributed by atoms with E-state index in [2.05, 4.69) is 6.58 Å². The average Bonchev–Trinajstić information content (AvgIpc) is 2.13. The minimum Gasteiger partial charge on any atom is -0.463 e. The number of carbonyl (C=O) groups is 1. The lowest BCUT2D eigenvalue weighted by Crippen LogP contribution is -2.39. The highest BCUT2D eigenvalue weighted by Crippen LogP contribution is 2.09. The largest absolute Gasteiger partial charge is 0.463 e. The van der Waals surface area contributed by atoms with Crippen molar-refractivity contribution in [2.45, 2.75) is 19.5 Å². The lowest BCUT2D eigenvalue weighted by molar-refractivity contribution is -0.136. The molecule has 0 fully saturated rings. The molecule has 0 radical (unpaired) electrons. The molecule has 0 aliphatic rings. The molecule has 0 bridgehead atoms. The third-order valence-corrected chi connectivity index (χ3v) is 5.16. The fourth-order valence-corrected chi connectivity index (χ4v) is 1.65. The van der Waals surface area contributed by atoms with Crippen LogP contribution in [-0.4, -0.2) is 27.6 Å². The van der Waals surface area contributed by atoms with Crippen LogP contribution in [0.15, 0.2) is 12.7 Å². The number of hydrogen-bond acceptors (Lipinski definition) is 3. The van der Waals surface area contributed by atoms with Crippen molar-refractivity contribution >= 4 is 14.3 Å². The van der Waals surface area contributed by atoms with Gasteiger partial charge in [-0.2, -0.15) is 0 Å². The van der Waals surface area contributed by atoms with E-state index in [1.165, 1.54) is 6.08 Å². The van der Waals surface area contributed by atoms with Crippen molar-refractivity contribution in [2.75, 3.05) is 13.3 Å². The van der Waals surface area contributed by atoms with Gasteiger partial charge < -0.3 is 9.16 Å². The molecule has 0 saturated heterocycles. The van der Waals surface area contributed by atoms with Crippen molar-refractivity contribution in [3.05, 3.63) is 12.7 Å². The SMILES string of the molecule is C=CC(=O)OC[Si](C)(CC)OC. The Bertz CT molecular complexity index is 164. The minimum atomic E-state index is -1.77. The monoisotopic (exact) mass is 188 g/mol. The smallest absolute Gasteiger partial charge is 0.329 e. The quantitative estimate of drug-likeness (QED) is 0.372. The second-order valence-corrected chi connectivity index (χ2v) is 7.12. The van der Waals surface area contributed by atoms with E-state index in [9.17, 15) is 4.79 Å². The van der Waals surface area contributed by atoms with Crippen LogP contribution in [0.1, 0.15) is 6.92 Å². The van der Waals surface area contributed by atoms with Crippen LogP contribution in [-0.2, 0) is 14.0 Å². The van der Waals surface area contributed by atoms with E-state index in [-0.39, 0.29) is 5.97 Å². The molecule has 0 aliphatic heterocycles. The average molecular weight is 188 g/mol. The molecule has 0 aliphatic carbocycles. The van der Waals surface area contributed by atoms with E-state index in [0.29, 0.717) is 6.23 Å². The second-order valence-electron chi connectivity index (χ2n) is 2.82. The van der Waals surface area contributed by atoms with Gasteiger partial charge in [-0.15, -0.1) is 0 Å². The maximum atomic E-state index is 10.7. The van der Waals surface area contributed by atoms with Crippen LogP contribution in [0, 0.1) is 0 Å². The van der Waals surface area contributed by atoms with Gasteiger partial charge in [-0.05, 0) is 12.6 Å². The molecule has 0 spiro atoms. The maximum absolute atomic E-state index is 10.7. The Hall–Kier alpha value is -0.613. The summed E-state index contributed by atoms with van der Waals surface area (Å²) >= 11 is 0. The molecule has 0 aromatic heterocycles. The summed E-state index contributed by atoms with van der Waals surface area (Å²) in [4.78, 5) is 10.7. The van der Waals surface area contributed by atoms with Crippen LogP contribution in [0.3, 0.4) is 0 Å². The lowest BCUT2D eigenvalue weighted by atomic mass is 10.7. The number of rotatable bonds is 5. The van der Waals surface area contributed by atoms with Crippen molar-refractivity contribution in [3.63, 3.8) is 0 Å². The summed E-state index contributed by atoms with van der Waals surface area (Å²) < 4.78 is 10.2. The van der Waals surface area contributed by atoms with Crippen molar-refractivity contribution in [1.82, 2.24) is 0 Å². The Kier molecular flexibility index (Phi) is 4.85. The number of ether oxygens (including phenoxy) is 1. The van der Waals surface area contributed by atoms with Crippen LogP contribution in [0.4, 0.5) is 0 Å². The van der Waals surface area contributed by atoms with E-state index in [0.717, 1.165) is 6.04 Å². The molecule has 0 saturated carbocycles. The van der Waals surface area contributed by atoms with Gasteiger partial charge in [0.25, 0.3) is 0 Å². The molecule has 0 aromatic rings. The molecule has 0 rings (SSSR count). The Morgan fingerprint density at radius 2 is 2.25 bits per heavy atom. The first-order valence-corrected chi connectivity index (χ1v) is 6.74. The van der Waals surface area contributed by atoms with Crippen molar-refractivity contribution in [2.24, 2.45) is 0 Å². The molecule has 12 heavy (non-hydrogen) atoms. The highest BCUT2D eigenvalue weighted by atomic mass is 28.4. The Labute approximate surface area is 74.5 Å². The van der Waals surface area contributed by atoms with Crippen LogP contribution >= 0.6 is 0 Å². The topological polar surface area (TPSA) is 35.5 Å². The zero-order valence-corrected chi connectivity index (χ0v) is 8.92. The molecule has 1 unspecified atom stereocenters. The second kappa shape index (κ2) is 5.11. The van der Waals surface area contributed by atoms with Gasteiger partial charge in [-0.1, -0.05) is 13.5 Å². The third-order valence-electron chi connectivity index (χ3n) is 1.93. The van der Waals surface area contributed by atoms with Gasteiger partial charge in [0.15, 0.2) is 0 Å². The van der Waals surface area contributed by atoms with Gasteiger partial charge in [0, 0.05) is 13.2 Å². The standard InChI is InChI=1S/C8H16O3Si/c1-5-8(9)11-7-12(4,6-2)10-3/h5H,1,6-7H2,2-4H3. The van der Waals surface area contributed by atoms with Gasteiger partial charge in [0.05, 0.1) is 0 Å².